The van der Waals surface area contributed by atoms with Crippen LogP contribution >= 0.6 is 0 Å². The van der Waals surface area contributed by atoms with Crippen LogP contribution in [0.25, 0.3) is 0 Å². The second kappa shape index (κ2) is 6.98. The van der Waals surface area contributed by atoms with Crippen LogP contribution in [0.4, 0.5) is 4.39 Å². The molecule has 0 spiro atoms. The van der Waals surface area contributed by atoms with Crippen LogP contribution in [0.3, 0.4) is 0 Å². The lowest BCUT2D eigenvalue weighted by Gasteiger charge is -2.28. The van der Waals surface area contributed by atoms with Crippen molar-refractivity contribution in [2.45, 2.75) is 46.1 Å². The molecule has 1 aromatic carbocycles. The zero-order valence-corrected chi connectivity index (χ0v) is 13.2. The minimum absolute atomic E-state index is 0.239. The molecule has 0 aliphatic carbocycles. The van der Waals surface area contributed by atoms with Crippen LogP contribution in [0.2, 0.25) is 0 Å². The lowest BCUT2D eigenvalue weighted by Crippen LogP contribution is -2.35. The van der Waals surface area contributed by atoms with Gasteiger partial charge in [-0.05, 0) is 44.6 Å². The summed E-state index contributed by atoms with van der Waals surface area (Å²) in [5, 5.41) is 0. The van der Waals surface area contributed by atoms with Gasteiger partial charge in [0.1, 0.15) is 11.6 Å². The summed E-state index contributed by atoms with van der Waals surface area (Å²) in [7, 11) is 4.02. The summed E-state index contributed by atoms with van der Waals surface area (Å²) in [5.74, 6) is 0.0268. The smallest absolute Gasteiger partial charge is 0.140 e. The lowest BCUT2D eigenvalue weighted by atomic mass is 9.79. The minimum atomic E-state index is -0.415. The monoisotopic (exact) mass is 279 g/mol. The van der Waals surface area contributed by atoms with Crippen molar-refractivity contribution in [3.8, 4) is 0 Å². The molecule has 3 heteroatoms. The van der Waals surface area contributed by atoms with Gasteiger partial charge in [0.25, 0.3) is 0 Å². The Labute approximate surface area is 122 Å². The van der Waals surface area contributed by atoms with Crippen molar-refractivity contribution >= 4 is 5.78 Å². The first kappa shape index (κ1) is 16.8. The van der Waals surface area contributed by atoms with E-state index in [0.29, 0.717) is 12.8 Å². The number of Topliss-reactive ketones (excluding diaryl/α,β-unsaturated/α-hetero) is 1. The average Bonchev–Trinajstić information content (AvgIpc) is 2.37. The summed E-state index contributed by atoms with van der Waals surface area (Å²) in [5.41, 5.74) is 0.587. The maximum Gasteiger partial charge on any atom is 0.140 e. The van der Waals surface area contributed by atoms with Gasteiger partial charge in [0.15, 0.2) is 0 Å². The highest BCUT2D eigenvalue weighted by molar-refractivity contribution is 5.84. The molecule has 0 aliphatic rings. The van der Waals surface area contributed by atoms with Gasteiger partial charge in [0.05, 0.1) is 0 Å². The van der Waals surface area contributed by atoms with Crippen LogP contribution in [-0.2, 0) is 11.2 Å². The second-order valence-corrected chi connectivity index (χ2v) is 6.34. The number of rotatable bonds is 7. The van der Waals surface area contributed by atoms with E-state index < -0.39 is 5.41 Å². The Kier molecular flexibility index (Phi) is 5.88. The normalized spacial score (nSPS) is 13.6. The van der Waals surface area contributed by atoms with Crippen LogP contribution in [0.1, 0.15) is 39.2 Å². The summed E-state index contributed by atoms with van der Waals surface area (Å²) in [6, 6.07) is 6.70. The summed E-state index contributed by atoms with van der Waals surface area (Å²) < 4.78 is 12.9. The highest BCUT2D eigenvalue weighted by Crippen LogP contribution is 2.26. The Bertz CT molecular complexity index is 437. The first-order valence-corrected chi connectivity index (χ1v) is 7.20. The van der Waals surface area contributed by atoms with Gasteiger partial charge in [-0.15, -0.1) is 0 Å². The van der Waals surface area contributed by atoms with Gasteiger partial charge in [-0.25, -0.2) is 4.39 Å². The Hall–Kier alpha value is -1.22. The molecule has 1 aromatic rings. The van der Waals surface area contributed by atoms with E-state index in [1.807, 2.05) is 27.9 Å². The molecule has 0 amide bonds. The van der Waals surface area contributed by atoms with Gasteiger partial charge < -0.3 is 4.90 Å². The number of benzene rings is 1. The fourth-order valence-electron chi connectivity index (χ4n) is 2.39. The maximum atomic E-state index is 12.9. The number of ketones is 1. The molecule has 2 nitrogen and oxygen atoms in total. The largest absolute Gasteiger partial charge is 0.306 e. The number of carbonyl (C=O) groups is 1. The van der Waals surface area contributed by atoms with Crippen molar-refractivity contribution in [2.75, 3.05) is 14.1 Å². The van der Waals surface area contributed by atoms with E-state index in [1.165, 1.54) is 12.1 Å². The van der Waals surface area contributed by atoms with E-state index in [1.54, 1.807) is 12.1 Å². The van der Waals surface area contributed by atoms with Gasteiger partial charge in [0.2, 0.25) is 0 Å². The summed E-state index contributed by atoms with van der Waals surface area (Å²) in [6.45, 7) is 6.05. The molecule has 0 bridgehead atoms. The zero-order chi connectivity index (χ0) is 15.3. The number of hydrogen-bond acceptors (Lipinski definition) is 2. The third kappa shape index (κ3) is 4.71. The molecule has 1 unspecified atom stereocenters. The SMILES string of the molecule is CCC(CC(=O)C(C)(C)Cc1ccc(F)cc1)N(C)C. The zero-order valence-electron chi connectivity index (χ0n) is 13.2. The van der Waals surface area contributed by atoms with Crippen molar-refractivity contribution in [2.24, 2.45) is 5.41 Å². The first-order valence-electron chi connectivity index (χ1n) is 7.20. The van der Waals surface area contributed by atoms with Crippen LogP contribution in [0.5, 0.6) is 0 Å². The predicted molar refractivity (Wildman–Crippen MR) is 81.3 cm³/mol. The average molecular weight is 279 g/mol. The topological polar surface area (TPSA) is 20.3 Å². The number of halogens is 1. The third-order valence-corrected chi connectivity index (χ3v) is 3.94. The number of carbonyl (C=O) groups excluding carboxylic acids is 1. The Morgan fingerprint density at radius 1 is 1.25 bits per heavy atom. The van der Waals surface area contributed by atoms with Crippen molar-refractivity contribution < 1.29 is 9.18 Å². The highest BCUT2D eigenvalue weighted by Gasteiger charge is 2.29. The van der Waals surface area contributed by atoms with E-state index in [4.69, 9.17) is 0 Å². The summed E-state index contributed by atoms with van der Waals surface area (Å²) in [6.07, 6.45) is 2.18. The standard InChI is InChI=1S/C17H26FNO/c1-6-15(19(4)5)11-16(20)17(2,3)12-13-7-9-14(18)10-8-13/h7-10,15H,6,11-12H2,1-5H3. The quantitative estimate of drug-likeness (QED) is 0.758. The summed E-state index contributed by atoms with van der Waals surface area (Å²) >= 11 is 0. The molecule has 0 aromatic heterocycles. The van der Waals surface area contributed by atoms with Crippen molar-refractivity contribution in [3.63, 3.8) is 0 Å². The first-order chi connectivity index (χ1) is 9.26. The molecular formula is C17H26FNO. The van der Waals surface area contributed by atoms with Crippen LogP contribution in [0, 0.1) is 11.2 Å². The molecule has 1 rings (SSSR count). The Morgan fingerprint density at radius 2 is 1.80 bits per heavy atom. The molecule has 0 radical (unpaired) electrons. The molecule has 0 saturated heterocycles. The van der Waals surface area contributed by atoms with E-state index in [0.717, 1.165) is 12.0 Å². The van der Waals surface area contributed by atoms with Crippen LogP contribution in [0.15, 0.2) is 24.3 Å². The second-order valence-electron chi connectivity index (χ2n) is 6.34. The molecule has 1 atom stereocenters. The number of hydrogen-bond donors (Lipinski definition) is 0. The molecule has 20 heavy (non-hydrogen) atoms. The van der Waals surface area contributed by atoms with Gasteiger partial charge in [0, 0.05) is 17.9 Å². The molecule has 0 N–H and O–H groups in total. The van der Waals surface area contributed by atoms with Crippen molar-refractivity contribution in [1.29, 1.82) is 0 Å². The predicted octanol–water partition coefficient (Wildman–Crippen LogP) is 3.69. The fraction of sp³-hybridized carbons (Fsp3) is 0.588. The molecule has 0 heterocycles. The third-order valence-electron chi connectivity index (χ3n) is 3.94. The lowest BCUT2D eigenvalue weighted by molar-refractivity contribution is -0.128. The van der Waals surface area contributed by atoms with Gasteiger partial charge >= 0.3 is 0 Å². The van der Waals surface area contributed by atoms with E-state index in [9.17, 15) is 9.18 Å². The van der Waals surface area contributed by atoms with Crippen molar-refractivity contribution in [3.05, 3.63) is 35.6 Å². The molecule has 0 fully saturated rings. The van der Waals surface area contributed by atoms with Crippen molar-refractivity contribution in [1.82, 2.24) is 4.90 Å². The van der Waals surface area contributed by atoms with Gasteiger partial charge in [-0.3, -0.25) is 4.79 Å². The maximum absolute atomic E-state index is 12.9. The molecule has 112 valence electrons. The minimum Gasteiger partial charge on any atom is -0.306 e. The molecule has 0 aliphatic heterocycles. The van der Waals surface area contributed by atoms with Gasteiger partial charge in [-0.2, -0.15) is 0 Å². The summed E-state index contributed by atoms with van der Waals surface area (Å²) in [4.78, 5) is 14.6. The Morgan fingerprint density at radius 3 is 2.25 bits per heavy atom. The van der Waals surface area contributed by atoms with Gasteiger partial charge in [-0.1, -0.05) is 32.9 Å². The van der Waals surface area contributed by atoms with Crippen LogP contribution < -0.4 is 0 Å². The fourth-order valence-corrected chi connectivity index (χ4v) is 2.39. The van der Waals surface area contributed by atoms with E-state index >= 15 is 0 Å². The highest BCUT2D eigenvalue weighted by atomic mass is 19.1. The number of nitrogens with zero attached hydrogens (tertiary/aromatic N) is 1. The Balaban J connectivity index is 2.72. The van der Waals surface area contributed by atoms with Crippen LogP contribution in [-0.4, -0.2) is 30.8 Å². The molecule has 0 saturated carbocycles. The van der Waals surface area contributed by atoms with E-state index in [-0.39, 0.29) is 17.6 Å². The van der Waals surface area contributed by atoms with E-state index in [2.05, 4.69) is 11.8 Å². The molecular weight excluding hydrogens is 253 g/mol.